The molecule has 0 spiro atoms. The Morgan fingerprint density at radius 1 is 1.20 bits per heavy atom. The number of hydrogen-bond donors (Lipinski definition) is 2. The third-order valence-electron chi connectivity index (χ3n) is 3.18. The van der Waals surface area contributed by atoms with Gasteiger partial charge in [-0.3, -0.25) is 0 Å². The quantitative estimate of drug-likeness (QED) is 0.856. The Morgan fingerprint density at radius 2 is 1.90 bits per heavy atom. The number of carbonyl (C=O) groups is 1. The molecule has 0 heterocycles. The van der Waals surface area contributed by atoms with E-state index < -0.39 is 5.97 Å². The first-order valence-electron chi connectivity index (χ1n) is 6.45. The highest BCUT2D eigenvalue weighted by molar-refractivity contribution is 9.10. The van der Waals surface area contributed by atoms with Gasteiger partial charge in [-0.1, -0.05) is 47.1 Å². The Labute approximate surface area is 126 Å². The van der Waals surface area contributed by atoms with Crippen molar-refractivity contribution in [2.45, 2.75) is 19.9 Å². The molecule has 0 saturated heterocycles. The van der Waals surface area contributed by atoms with Crippen LogP contribution in [0.5, 0.6) is 0 Å². The van der Waals surface area contributed by atoms with E-state index in [0.29, 0.717) is 12.2 Å². The van der Waals surface area contributed by atoms with Crippen LogP contribution in [0.15, 0.2) is 46.9 Å². The summed E-state index contributed by atoms with van der Waals surface area (Å²) in [5, 5.41) is 12.4. The number of halogens is 1. The predicted octanol–water partition coefficient (Wildman–Crippen LogP) is 4.32. The molecule has 2 aromatic rings. The van der Waals surface area contributed by atoms with Crippen molar-refractivity contribution in [3.05, 3.63) is 63.6 Å². The fourth-order valence-corrected chi connectivity index (χ4v) is 2.47. The van der Waals surface area contributed by atoms with Gasteiger partial charge >= 0.3 is 5.97 Å². The minimum atomic E-state index is -0.933. The SMILES string of the molecule is CCc1ccccc1CNc1ccc(Br)cc1C(=O)O. The molecule has 4 heteroatoms. The summed E-state index contributed by atoms with van der Waals surface area (Å²) in [5.41, 5.74) is 3.36. The molecule has 0 fully saturated rings. The number of benzene rings is 2. The lowest BCUT2D eigenvalue weighted by Crippen LogP contribution is -2.07. The van der Waals surface area contributed by atoms with Crippen molar-refractivity contribution in [1.29, 1.82) is 0 Å². The molecule has 2 N–H and O–H groups in total. The highest BCUT2D eigenvalue weighted by Crippen LogP contribution is 2.22. The van der Waals surface area contributed by atoms with Gasteiger partial charge in [0.25, 0.3) is 0 Å². The summed E-state index contributed by atoms with van der Waals surface area (Å²) in [7, 11) is 0. The standard InChI is InChI=1S/C16H16BrNO2/c1-2-11-5-3-4-6-12(11)10-18-15-8-7-13(17)9-14(15)16(19)20/h3-9,18H,2,10H2,1H3,(H,19,20). The molecular formula is C16H16BrNO2. The lowest BCUT2D eigenvalue weighted by atomic mass is 10.1. The summed E-state index contributed by atoms with van der Waals surface area (Å²) in [5.74, 6) is -0.933. The maximum atomic E-state index is 11.2. The molecule has 2 aromatic carbocycles. The first-order valence-corrected chi connectivity index (χ1v) is 7.24. The number of carboxylic acid groups (broad SMARTS) is 1. The zero-order valence-electron chi connectivity index (χ0n) is 11.2. The highest BCUT2D eigenvalue weighted by atomic mass is 79.9. The van der Waals surface area contributed by atoms with Gasteiger partial charge in [-0.05, 0) is 35.7 Å². The van der Waals surface area contributed by atoms with Crippen LogP contribution in [0.3, 0.4) is 0 Å². The Bertz CT molecular complexity index is 626. The van der Waals surface area contributed by atoms with E-state index in [1.54, 1.807) is 12.1 Å². The van der Waals surface area contributed by atoms with Gasteiger partial charge < -0.3 is 10.4 Å². The van der Waals surface area contributed by atoms with Gasteiger partial charge in [-0.15, -0.1) is 0 Å². The first kappa shape index (κ1) is 14.6. The van der Waals surface area contributed by atoms with Gasteiger partial charge in [-0.2, -0.15) is 0 Å². The number of hydrogen-bond acceptors (Lipinski definition) is 2. The maximum absolute atomic E-state index is 11.2. The minimum absolute atomic E-state index is 0.272. The summed E-state index contributed by atoms with van der Waals surface area (Å²) in [6.07, 6.45) is 0.962. The van der Waals surface area contributed by atoms with Gasteiger partial charge in [0.05, 0.1) is 5.56 Å². The average Bonchev–Trinajstić information content (AvgIpc) is 2.46. The van der Waals surface area contributed by atoms with Gasteiger partial charge in [0.2, 0.25) is 0 Å². The van der Waals surface area contributed by atoms with Crippen LogP contribution in [-0.2, 0) is 13.0 Å². The Morgan fingerprint density at radius 3 is 2.55 bits per heavy atom. The van der Waals surface area contributed by atoms with Gasteiger partial charge in [0, 0.05) is 16.7 Å². The minimum Gasteiger partial charge on any atom is -0.478 e. The van der Waals surface area contributed by atoms with E-state index in [-0.39, 0.29) is 5.56 Å². The van der Waals surface area contributed by atoms with Crippen LogP contribution in [0.4, 0.5) is 5.69 Å². The van der Waals surface area contributed by atoms with Crippen LogP contribution in [0.25, 0.3) is 0 Å². The smallest absolute Gasteiger partial charge is 0.337 e. The number of aromatic carboxylic acids is 1. The van der Waals surface area contributed by atoms with Crippen molar-refractivity contribution < 1.29 is 9.90 Å². The molecule has 0 unspecified atom stereocenters. The molecule has 0 aliphatic heterocycles. The molecule has 3 nitrogen and oxygen atoms in total. The molecule has 0 radical (unpaired) electrons. The highest BCUT2D eigenvalue weighted by Gasteiger charge is 2.10. The van der Waals surface area contributed by atoms with E-state index in [1.807, 2.05) is 18.2 Å². The molecule has 2 rings (SSSR count). The largest absolute Gasteiger partial charge is 0.478 e. The molecule has 0 aromatic heterocycles. The molecule has 0 aliphatic carbocycles. The average molecular weight is 334 g/mol. The van der Waals surface area contributed by atoms with E-state index in [4.69, 9.17) is 0 Å². The van der Waals surface area contributed by atoms with Crippen molar-refractivity contribution in [3.63, 3.8) is 0 Å². The number of aryl methyl sites for hydroxylation is 1. The normalized spacial score (nSPS) is 10.3. The maximum Gasteiger partial charge on any atom is 0.337 e. The number of anilines is 1. The Kier molecular flexibility index (Phi) is 4.79. The topological polar surface area (TPSA) is 49.3 Å². The van der Waals surface area contributed by atoms with Crippen LogP contribution in [0.1, 0.15) is 28.4 Å². The zero-order chi connectivity index (χ0) is 14.5. The summed E-state index contributed by atoms with van der Waals surface area (Å²) in [6.45, 7) is 2.73. The van der Waals surface area contributed by atoms with E-state index in [2.05, 4.69) is 40.3 Å². The molecule has 0 bridgehead atoms. The van der Waals surface area contributed by atoms with E-state index in [0.717, 1.165) is 10.9 Å². The van der Waals surface area contributed by atoms with Crippen LogP contribution < -0.4 is 5.32 Å². The van der Waals surface area contributed by atoms with Crippen LogP contribution in [0, 0.1) is 0 Å². The summed E-state index contributed by atoms with van der Waals surface area (Å²) in [4.78, 5) is 11.2. The van der Waals surface area contributed by atoms with Crippen LogP contribution in [0.2, 0.25) is 0 Å². The Hall–Kier alpha value is -1.81. The monoisotopic (exact) mass is 333 g/mol. The summed E-state index contributed by atoms with van der Waals surface area (Å²) in [6, 6.07) is 13.4. The number of nitrogens with one attached hydrogen (secondary N) is 1. The second-order valence-corrected chi connectivity index (χ2v) is 5.39. The van der Waals surface area contributed by atoms with Crippen molar-refractivity contribution in [2.75, 3.05) is 5.32 Å². The van der Waals surface area contributed by atoms with E-state index >= 15 is 0 Å². The number of carboxylic acids is 1. The summed E-state index contributed by atoms with van der Waals surface area (Å²) >= 11 is 3.29. The van der Waals surface area contributed by atoms with Crippen molar-refractivity contribution in [2.24, 2.45) is 0 Å². The van der Waals surface area contributed by atoms with E-state index in [1.165, 1.54) is 11.1 Å². The molecule has 0 aliphatic rings. The second kappa shape index (κ2) is 6.57. The van der Waals surface area contributed by atoms with Crippen LogP contribution >= 0.6 is 15.9 Å². The molecule has 0 saturated carbocycles. The Balaban J connectivity index is 2.21. The first-order chi connectivity index (χ1) is 9.61. The third kappa shape index (κ3) is 3.39. The van der Waals surface area contributed by atoms with Gasteiger partial charge in [0.15, 0.2) is 0 Å². The molecule has 0 atom stereocenters. The number of rotatable bonds is 5. The predicted molar refractivity (Wildman–Crippen MR) is 84.2 cm³/mol. The molecular weight excluding hydrogens is 318 g/mol. The fourth-order valence-electron chi connectivity index (χ4n) is 2.11. The van der Waals surface area contributed by atoms with Gasteiger partial charge in [0.1, 0.15) is 0 Å². The third-order valence-corrected chi connectivity index (χ3v) is 3.67. The van der Waals surface area contributed by atoms with Gasteiger partial charge in [-0.25, -0.2) is 4.79 Å². The van der Waals surface area contributed by atoms with Crippen molar-refractivity contribution in [1.82, 2.24) is 0 Å². The van der Waals surface area contributed by atoms with Crippen molar-refractivity contribution >= 4 is 27.6 Å². The van der Waals surface area contributed by atoms with E-state index in [9.17, 15) is 9.90 Å². The molecule has 20 heavy (non-hydrogen) atoms. The molecule has 104 valence electrons. The molecule has 0 amide bonds. The summed E-state index contributed by atoms with van der Waals surface area (Å²) < 4.78 is 0.759. The van der Waals surface area contributed by atoms with Crippen molar-refractivity contribution in [3.8, 4) is 0 Å². The second-order valence-electron chi connectivity index (χ2n) is 4.47. The fraction of sp³-hybridized carbons (Fsp3) is 0.188. The lowest BCUT2D eigenvalue weighted by Gasteiger charge is -2.12. The van der Waals surface area contributed by atoms with Crippen LogP contribution in [-0.4, -0.2) is 11.1 Å². The lowest BCUT2D eigenvalue weighted by molar-refractivity contribution is 0.0698. The zero-order valence-corrected chi connectivity index (χ0v) is 12.8.